The Kier molecular flexibility index (Phi) is 4.49. The summed E-state index contributed by atoms with van der Waals surface area (Å²) in [5.74, 6) is 0.894. The van der Waals surface area contributed by atoms with E-state index >= 15 is 0 Å². The van der Waals surface area contributed by atoms with Gasteiger partial charge in [0.15, 0.2) is 0 Å². The molecule has 0 radical (unpaired) electrons. The first-order chi connectivity index (χ1) is 12.3. The lowest BCUT2D eigenvalue weighted by atomic mass is 10.1. The van der Waals surface area contributed by atoms with E-state index in [2.05, 4.69) is 77.8 Å². The lowest BCUT2D eigenvalue weighted by Gasteiger charge is -2.09. The molecule has 3 aromatic carbocycles. The van der Waals surface area contributed by atoms with Crippen molar-refractivity contribution in [3.63, 3.8) is 0 Å². The first-order valence-electron chi connectivity index (χ1n) is 8.30. The molecule has 2 nitrogen and oxygen atoms in total. The van der Waals surface area contributed by atoms with Crippen molar-refractivity contribution in [3.05, 3.63) is 90.0 Å². The molecule has 0 aliphatic rings. The van der Waals surface area contributed by atoms with E-state index in [4.69, 9.17) is 0 Å². The highest BCUT2D eigenvalue weighted by atomic mass is 32.2. The van der Waals surface area contributed by atoms with Gasteiger partial charge in [-0.2, -0.15) is 0 Å². The Labute approximate surface area is 151 Å². The number of aromatic nitrogens is 2. The summed E-state index contributed by atoms with van der Waals surface area (Å²) in [6, 6.07) is 27.2. The van der Waals surface area contributed by atoms with Gasteiger partial charge in [0.1, 0.15) is 10.7 Å². The van der Waals surface area contributed by atoms with Crippen molar-refractivity contribution < 1.29 is 0 Å². The Hall–Kier alpha value is -2.65. The number of nitrogens with zero attached hydrogens (tertiary/aromatic N) is 2. The number of fused-ring (bicyclic) bond motifs is 1. The van der Waals surface area contributed by atoms with Crippen LogP contribution in [0.3, 0.4) is 0 Å². The second-order valence-corrected chi connectivity index (χ2v) is 7.01. The Balaban J connectivity index is 1.71. The summed E-state index contributed by atoms with van der Waals surface area (Å²) in [6.45, 7) is 2.12. The largest absolute Gasteiger partial charge is 0.149 e. The van der Waals surface area contributed by atoms with Crippen LogP contribution in [-0.4, -0.2) is 10.2 Å². The van der Waals surface area contributed by atoms with Gasteiger partial charge in [-0.3, -0.25) is 0 Å². The van der Waals surface area contributed by atoms with Gasteiger partial charge in [0.05, 0.1) is 0 Å². The van der Waals surface area contributed by atoms with Crippen LogP contribution in [0.4, 0.5) is 0 Å². The van der Waals surface area contributed by atoms with Gasteiger partial charge >= 0.3 is 0 Å². The van der Waals surface area contributed by atoms with E-state index < -0.39 is 0 Å². The van der Waals surface area contributed by atoms with E-state index in [0.717, 1.165) is 32.8 Å². The van der Waals surface area contributed by atoms with Crippen molar-refractivity contribution in [2.24, 2.45) is 0 Å². The van der Waals surface area contributed by atoms with Crippen LogP contribution in [0.15, 0.2) is 83.9 Å². The lowest BCUT2D eigenvalue weighted by molar-refractivity contribution is 0.961. The number of rotatable bonds is 4. The summed E-state index contributed by atoms with van der Waals surface area (Å²) < 4.78 is 0. The SMILES string of the molecule is Cc1cccc(CSc2nnc(-c3ccccc3)c3ccccc23)c1. The molecule has 0 spiro atoms. The minimum atomic E-state index is 0.894. The summed E-state index contributed by atoms with van der Waals surface area (Å²) in [5, 5.41) is 12.4. The molecular weight excluding hydrogens is 324 g/mol. The van der Waals surface area contributed by atoms with Gasteiger partial charge in [0.25, 0.3) is 0 Å². The molecule has 3 heteroatoms. The van der Waals surface area contributed by atoms with Gasteiger partial charge in [0, 0.05) is 22.1 Å². The van der Waals surface area contributed by atoms with Crippen LogP contribution in [0, 0.1) is 6.92 Å². The first kappa shape index (κ1) is 15.9. The normalized spacial score (nSPS) is 10.9. The van der Waals surface area contributed by atoms with E-state index in [1.807, 2.05) is 18.2 Å². The smallest absolute Gasteiger partial charge is 0.127 e. The predicted molar refractivity (Wildman–Crippen MR) is 106 cm³/mol. The fourth-order valence-electron chi connectivity index (χ4n) is 2.95. The minimum absolute atomic E-state index is 0.894. The van der Waals surface area contributed by atoms with Gasteiger partial charge in [-0.05, 0) is 12.5 Å². The number of thioether (sulfide) groups is 1. The van der Waals surface area contributed by atoms with Crippen LogP contribution in [0.2, 0.25) is 0 Å². The highest BCUT2D eigenvalue weighted by molar-refractivity contribution is 7.98. The zero-order chi connectivity index (χ0) is 17.1. The zero-order valence-corrected chi connectivity index (χ0v) is 14.8. The second-order valence-electron chi connectivity index (χ2n) is 6.04. The third kappa shape index (κ3) is 3.42. The minimum Gasteiger partial charge on any atom is -0.149 e. The molecule has 0 aliphatic carbocycles. The number of hydrogen-bond donors (Lipinski definition) is 0. The first-order valence-corrected chi connectivity index (χ1v) is 9.29. The Bertz CT molecular complexity index is 1010. The van der Waals surface area contributed by atoms with Crippen LogP contribution in [0.5, 0.6) is 0 Å². The van der Waals surface area contributed by atoms with Gasteiger partial charge in [-0.1, -0.05) is 96.2 Å². The Morgan fingerprint density at radius 3 is 2.32 bits per heavy atom. The molecule has 0 atom stereocenters. The molecule has 0 fully saturated rings. The maximum absolute atomic E-state index is 4.54. The molecule has 0 bridgehead atoms. The molecule has 0 N–H and O–H groups in total. The molecule has 0 saturated carbocycles. The molecule has 25 heavy (non-hydrogen) atoms. The molecular formula is C22H18N2S. The fourth-order valence-corrected chi connectivity index (χ4v) is 3.86. The summed E-state index contributed by atoms with van der Waals surface area (Å²) in [7, 11) is 0. The summed E-state index contributed by atoms with van der Waals surface area (Å²) >= 11 is 1.74. The highest BCUT2D eigenvalue weighted by Crippen LogP contribution is 2.32. The molecule has 1 aromatic heterocycles. The molecule has 0 saturated heterocycles. The predicted octanol–water partition coefficient (Wildman–Crippen LogP) is 5.90. The molecule has 4 aromatic rings. The molecule has 1 heterocycles. The number of hydrogen-bond acceptors (Lipinski definition) is 3. The highest BCUT2D eigenvalue weighted by Gasteiger charge is 2.11. The fraction of sp³-hybridized carbons (Fsp3) is 0.0909. The second kappa shape index (κ2) is 7.08. The van der Waals surface area contributed by atoms with Crippen LogP contribution >= 0.6 is 11.8 Å². The van der Waals surface area contributed by atoms with Gasteiger partial charge < -0.3 is 0 Å². The van der Waals surface area contributed by atoms with E-state index in [1.54, 1.807) is 11.8 Å². The maximum atomic E-state index is 4.54. The number of benzene rings is 3. The van der Waals surface area contributed by atoms with E-state index in [9.17, 15) is 0 Å². The van der Waals surface area contributed by atoms with Crippen LogP contribution in [0.25, 0.3) is 22.0 Å². The van der Waals surface area contributed by atoms with E-state index in [-0.39, 0.29) is 0 Å². The Morgan fingerprint density at radius 2 is 1.52 bits per heavy atom. The Morgan fingerprint density at radius 1 is 0.760 bits per heavy atom. The third-order valence-corrected chi connectivity index (χ3v) is 5.21. The molecule has 4 rings (SSSR count). The van der Waals surface area contributed by atoms with Crippen molar-refractivity contribution in [2.75, 3.05) is 0 Å². The van der Waals surface area contributed by atoms with Crippen LogP contribution < -0.4 is 0 Å². The standard InChI is InChI=1S/C22H18N2S/c1-16-8-7-9-17(14-16)15-25-22-20-13-6-5-12-19(20)21(23-24-22)18-10-3-2-4-11-18/h2-14H,15H2,1H3. The third-order valence-electron chi connectivity index (χ3n) is 4.16. The van der Waals surface area contributed by atoms with Crippen LogP contribution in [0.1, 0.15) is 11.1 Å². The quantitative estimate of drug-likeness (QED) is 0.432. The van der Waals surface area contributed by atoms with E-state index in [1.165, 1.54) is 11.1 Å². The molecule has 0 amide bonds. The van der Waals surface area contributed by atoms with Crippen molar-refractivity contribution >= 4 is 22.5 Å². The molecule has 0 unspecified atom stereocenters. The maximum Gasteiger partial charge on any atom is 0.127 e. The summed E-state index contributed by atoms with van der Waals surface area (Å²) in [4.78, 5) is 0. The van der Waals surface area contributed by atoms with Crippen molar-refractivity contribution in [3.8, 4) is 11.3 Å². The average molecular weight is 342 g/mol. The zero-order valence-electron chi connectivity index (χ0n) is 14.0. The van der Waals surface area contributed by atoms with Crippen molar-refractivity contribution in [1.82, 2.24) is 10.2 Å². The number of aryl methyl sites for hydroxylation is 1. The van der Waals surface area contributed by atoms with Gasteiger partial charge in [-0.15, -0.1) is 10.2 Å². The van der Waals surface area contributed by atoms with Crippen molar-refractivity contribution in [1.29, 1.82) is 0 Å². The van der Waals surface area contributed by atoms with Crippen LogP contribution in [-0.2, 0) is 5.75 Å². The molecule has 0 aliphatic heterocycles. The van der Waals surface area contributed by atoms with Crippen molar-refractivity contribution in [2.45, 2.75) is 17.7 Å². The van der Waals surface area contributed by atoms with Gasteiger partial charge in [-0.25, -0.2) is 0 Å². The van der Waals surface area contributed by atoms with E-state index in [0.29, 0.717) is 0 Å². The summed E-state index contributed by atoms with van der Waals surface area (Å²) in [6.07, 6.45) is 0. The average Bonchev–Trinajstić information content (AvgIpc) is 2.67. The molecule has 122 valence electrons. The lowest BCUT2D eigenvalue weighted by Crippen LogP contribution is -1.94. The summed E-state index contributed by atoms with van der Waals surface area (Å²) in [5.41, 5.74) is 4.63. The topological polar surface area (TPSA) is 25.8 Å². The monoisotopic (exact) mass is 342 g/mol. The van der Waals surface area contributed by atoms with Gasteiger partial charge in [0.2, 0.25) is 0 Å².